The van der Waals surface area contributed by atoms with Crippen molar-refractivity contribution in [3.63, 3.8) is 0 Å². The first kappa shape index (κ1) is 18.7. The molecule has 7 nitrogen and oxygen atoms in total. The summed E-state index contributed by atoms with van der Waals surface area (Å²) in [5.41, 5.74) is 2.77. The molecule has 0 aliphatic carbocycles. The summed E-state index contributed by atoms with van der Waals surface area (Å²) in [5, 5.41) is 0. The summed E-state index contributed by atoms with van der Waals surface area (Å²) in [6, 6.07) is 15.4. The monoisotopic (exact) mass is 390 g/mol. The Bertz CT molecular complexity index is 938. The van der Waals surface area contributed by atoms with Gasteiger partial charge < -0.3 is 19.3 Å². The predicted molar refractivity (Wildman–Crippen MR) is 111 cm³/mol. The van der Waals surface area contributed by atoms with Crippen molar-refractivity contribution in [3.05, 3.63) is 72.7 Å². The van der Waals surface area contributed by atoms with Crippen LogP contribution in [-0.4, -0.2) is 49.2 Å². The van der Waals surface area contributed by atoms with Gasteiger partial charge in [-0.15, -0.1) is 0 Å². The highest BCUT2D eigenvalue weighted by molar-refractivity contribution is 5.88. The summed E-state index contributed by atoms with van der Waals surface area (Å²) < 4.78 is 10.4. The number of carbonyl (C=O) groups is 1. The topological polar surface area (TPSA) is 67.8 Å². The third kappa shape index (κ3) is 4.45. The van der Waals surface area contributed by atoms with Crippen molar-refractivity contribution >= 4 is 17.3 Å². The molecular formula is C22H22N4O3. The Morgan fingerprint density at radius 3 is 2.03 bits per heavy atom. The number of anilines is 2. The first-order valence-electron chi connectivity index (χ1n) is 9.45. The van der Waals surface area contributed by atoms with Crippen molar-refractivity contribution in [1.82, 2.24) is 9.97 Å². The second-order valence-electron chi connectivity index (χ2n) is 6.65. The van der Waals surface area contributed by atoms with E-state index in [0.717, 1.165) is 26.2 Å². The van der Waals surface area contributed by atoms with Gasteiger partial charge in [-0.2, -0.15) is 0 Å². The Morgan fingerprint density at radius 2 is 1.48 bits per heavy atom. The smallest absolute Gasteiger partial charge is 0.339 e. The minimum absolute atomic E-state index is 0.390. The van der Waals surface area contributed by atoms with Gasteiger partial charge in [-0.25, -0.2) is 9.78 Å². The van der Waals surface area contributed by atoms with Crippen molar-refractivity contribution in [3.8, 4) is 11.6 Å². The zero-order valence-corrected chi connectivity index (χ0v) is 16.2. The molecule has 148 valence electrons. The number of aromatic nitrogens is 2. The molecule has 7 heteroatoms. The molecule has 0 atom stereocenters. The minimum atomic E-state index is -0.419. The lowest BCUT2D eigenvalue weighted by molar-refractivity contribution is 0.0600. The molecule has 3 aromatic rings. The molecule has 0 unspecified atom stereocenters. The van der Waals surface area contributed by atoms with Crippen LogP contribution in [0.5, 0.6) is 11.6 Å². The number of carbonyl (C=O) groups excluding carboxylic acids is 1. The highest BCUT2D eigenvalue weighted by atomic mass is 16.5. The second-order valence-corrected chi connectivity index (χ2v) is 6.65. The second kappa shape index (κ2) is 8.60. The van der Waals surface area contributed by atoms with E-state index >= 15 is 0 Å². The Labute approximate surface area is 169 Å². The van der Waals surface area contributed by atoms with E-state index in [4.69, 9.17) is 4.74 Å². The summed E-state index contributed by atoms with van der Waals surface area (Å²) in [4.78, 5) is 24.4. The van der Waals surface area contributed by atoms with E-state index in [0.29, 0.717) is 17.2 Å². The molecule has 0 N–H and O–H groups in total. The number of hydrogen-bond acceptors (Lipinski definition) is 7. The highest BCUT2D eigenvalue weighted by Crippen LogP contribution is 2.25. The highest BCUT2D eigenvalue weighted by Gasteiger charge is 2.17. The van der Waals surface area contributed by atoms with E-state index in [2.05, 4.69) is 36.6 Å². The molecule has 1 saturated heterocycles. The lowest BCUT2D eigenvalue weighted by Gasteiger charge is -2.37. The molecule has 29 heavy (non-hydrogen) atoms. The van der Waals surface area contributed by atoms with Gasteiger partial charge in [0.05, 0.1) is 12.7 Å². The van der Waals surface area contributed by atoms with Crippen molar-refractivity contribution in [2.45, 2.75) is 0 Å². The predicted octanol–water partition coefficient (Wildman–Crippen LogP) is 3.38. The number of pyridine rings is 2. The van der Waals surface area contributed by atoms with Crippen LogP contribution in [0, 0.1) is 0 Å². The van der Waals surface area contributed by atoms with Gasteiger partial charge in [0.15, 0.2) is 0 Å². The average Bonchev–Trinajstić information content (AvgIpc) is 2.80. The first-order chi connectivity index (χ1) is 14.2. The number of nitrogens with zero attached hydrogens (tertiary/aromatic N) is 4. The fraction of sp³-hybridized carbons (Fsp3) is 0.227. The van der Waals surface area contributed by atoms with Gasteiger partial charge in [0.25, 0.3) is 0 Å². The molecule has 4 rings (SSSR count). The molecule has 1 aliphatic rings. The summed E-state index contributed by atoms with van der Waals surface area (Å²) in [6.45, 7) is 3.86. The molecule has 0 spiro atoms. The van der Waals surface area contributed by atoms with E-state index in [1.165, 1.54) is 24.7 Å². The standard InChI is InChI=1S/C22H22N4O3/c1-28-22(27)17-2-7-21(24-16-17)29-20-5-3-18(4-6-20)25-12-14-26(15-13-25)19-8-10-23-11-9-19/h2-11,16H,12-15H2,1H3. The number of hydrogen-bond donors (Lipinski definition) is 0. The minimum Gasteiger partial charge on any atom is -0.465 e. The van der Waals surface area contributed by atoms with E-state index in [1.54, 1.807) is 12.1 Å². The average molecular weight is 390 g/mol. The lowest BCUT2D eigenvalue weighted by atomic mass is 10.2. The lowest BCUT2D eigenvalue weighted by Crippen LogP contribution is -2.46. The van der Waals surface area contributed by atoms with Crippen LogP contribution >= 0.6 is 0 Å². The SMILES string of the molecule is COC(=O)c1ccc(Oc2ccc(N3CCN(c4ccncc4)CC3)cc2)nc1. The van der Waals surface area contributed by atoms with Gasteiger partial charge in [0.2, 0.25) is 5.88 Å². The maximum absolute atomic E-state index is 11.5. The number of rotatable bonds is 5. The van der Waals surface area contributed by atoms with Crippen LogP contribution in [0.15, 0.2) is 67.1 Å². The van der Waals surface area contributed by atoms with Gasteiger partial charge in [0, 0.05) is 62.2 Å². The van der Waals surface area contributed by atoms with Crippen LogP contribution in [0.2, 0.25) is 0 Å². The molecule has 0 radical (unpaired) electrons. The van der Waals surface area contributed by atoms with Crippen LogP contribution < -0.4 is 14.5 Å². The van der Waals surface area contributed by atoms with Crippen LogP contribution in [0.1, 0.15) is 10.4 Å². The Morgan fingerprint density at radius 1 is 0.862 bits per heavy atom. The normalized spacial score (nSPS) is 13.8. The molecule has 0 saturated carbocycles. The number of benzene rings is 1. The van der Waals surface area contributed by atoms with Crippen LogP contribution in [0.4, 0.5) is 11.4 Å². The third-order valence-corrected chi connectivity index (χ3v) is 4.89. The van der Waals surface area contributed by atoms with Gasteiger partial charge >= 0.3 is 5.97 Å². The molecule has 1 aliphatic heterocycles. The van der Waals surface area contributed by atoms with Crippen molar-refractivity contribution < 1.29 is 14.3 Å². The maximum atomic E-state index is 11.5. The number of methoxy groups -OCH3 is 1. The summed E-state index contributed by atoms with van der Waals surface area (Å²) in [5.74, 6) is 0.705. The van der Waals surface area contributed by atoms with E-state index in [9.17, 15) is 4.79 Å². The zero-order chi connectivity index (χ0) is 20.1. The van der Waals surface area contributed by atoms with E-state index in [1.807, 2.05) is 36.7 Å². The zero-order valence-electron chi connectivity index (χ0n) is 16.2. The van der Waals surface area contributed by atoms with E-state index < -0.39 is 5.97 Å². The molecule has 0 bridgehead atoms. The van der Waals surface area contributed by atoms with Crippen LogP contribution in [0.25, 0.3) is 0 Å². The number of piperazine rings is 1. The molecule has 0 amide bonds. The number of esters is 1. The fourth-order valence-corrected chi connectivity index (χ4v) is 3.30. The van der Waals surface area contributed by atoms with Gasteiger partial charge in [-0.1, -0.05) is 0 Å². The Balaban J connectivity index is 1.34. The molecule has 1 fully saturated rings. The summed E-state index contributed by atoms with van der Waals surface area (Å²) >= 11 is 0. The number of ether oxygens (including phenoxy) is 2. The van der Waals surface area contributed by atoms with Crippen LogP contribution in [0.3, 0.4) is 0 Å². The fourth-order valence-electron chi connectivity index (χ4n) is 3.30. The molecule has 3 heterocycles. The van der Waals surface area contributed by atoms with Crippen molar-refractivity contribution in [2.24, 2.45) is 0 Å². The van der Waals surface area contributed by atoms with Gasteiger partial charge in [-0.05, 0) is 42.5 Å². The van der Waals surface area contributed by atoms with Gasteiger partial charge in [0.1, 0.15) is 5.75 Å². The largest absolute Gasteiger partial charge is 0.465 e. The summed E-state index contributed by atoms with van der Waals surface area (Å²) in [6.07, 6.45) is 5.11. The molecular weight excluding hydrogens is 368 g/mol. The molecule has 2 aromatic heterocycles. The van der Waals surface area contributed by atoms with Crippen molar-refractivity contribution in [2.75, 3.05) is 43.1 Å². The van der Waals surface area contributed by atoms with Crippen molar-refractivity contribution in [1.29, 1.82) is 0 Å². The first-order valence-corrected chi connectivity index (χ1v) is 9.45. The van der Waals surface area contributed by atoms with E-state index in [-0.39, 0.29) is 0 Å². The third-order valence-electron chi connectivity index (χ3n) is 4.89. The maximum Gasteiger partial charge on any atom is 0.339 e. The Hall–Kier alpha value is -3.61. The van der Waals surface area contributed by atoms with Crippen LogP contribution in [-0.2, 0) is 4.74 Å². The molecule has 1 aromatic carbocycles. The van der Waals surface area contributed by atoms with Gasteiger partial charge in [-0.3, -0.25) is 4.98 Å². The summed E-state index contributed by atoms with van der Waals surface area (Å²) in [7, 11) is 1.34. The Kier molecular flexibility index (Phi) is 5.56. The quantitative estimate of drug-likeness (QED) is 0.619.